The number of hydrogen-bond acceptors (Lipinski definition) is 0. The summed E-state index contributed by atoms with van der Waals surface area (Å²) in [6.07, 6.45) is 9.86. The second kappa shape index (κ2) is 6.30. The molecule has 0 unspecified atom stereocenters. The minimum Gasteiger partial charge on any atom is -0.122 e. The van der Waals surface area contributed by atoms with Gasteiger partial charge in [0.15, 0.2) is 0 Å². The summed E-state index contributed by atoms with van der Waals surface area (Å²) in [4.78, 5) is 0. The smallest absolute Gasteiger partial charge is 0.0474 e. The number of benzene rings is 1. The lowest BCUT2D eigenvalue weighted by molar-refractivity contribution is 0.455. The predicted molar refractivity (Wildman–Crippen MR) is 71.1 cm³/mol. The van der Waals surface area contributed by atoms with Crippen molar-refractivity contribution in [3.8, 4) is 0 Å². The quantitative estimate of drug-likeness (QED) is 0.615. The third-order valence-corrected chi connectivity index (χ3v) is 4.02. The van der Waals surface area contributed by atoms with Crippen molar-refractivity contribution >= 4 is 11.6 Å². The summed E-state index contributed by atoms with van der Waals surface area (Å²) in [7, 11) is 0. The van der Waals surface area contributed by atoms with Gasteiger partial charge in [0.05, 0.1) is 0 Å². The molecule has 0 nitrogen and oxygen atoms in total. The van der Waals surface area contributed by atoms with Crippen LogP contribution in [0.15, 0.2) is 24.3 Å². The first-order chi connectivity index (χ1) is 7.90. The topological polar surface area (TPSA) is 0 Å². The summed E-state index contributed by atoms with van der Waals surface area (Å²) in [5, 5.41) is 0. The maximum Gasteiger partial charge on any atom is 0.0474 e. The molecule has 2 rings (SSSR count). The molecule has 0 bridgehead atoms. The van der Waals surface area contributed by atoms with Gasteiger partial charge in [0.2, 0.25) is 0 Å². The average molecular weight is 237 g/mol. The van der Waals surface area contributed by atoms with E-state index in [0.29, 0.717) is 5.88 Å². The van der Waals surface area contributed by atoms with Crippen LogP contribution >= 0.6 is 11.6 Å². The van der Waals surface area contributed by atoms with Crippen molar-refractivity contribution in [2.45, 2.75) is 56.7 Å². The molecule has 0 aliphatic heterocycles. The SMILES string of the molecule is ClCc1ccc(C2CCCCCCC2)cc1. The molecule has 1 aliphatic rings. The van der Waals surface area contributed by atoms with E-state index in [1.807, 2.05) is 0 Å². The fourth-order valence-electron chi connectivity index (χ4n) is 2.67. The van der Waals surface area contributed by atoms with Gasteiger partial charge < -0.3 is 0 Å². The van der Waals surface area contributed by atoms with E-state index in [1.165, 1.54) is 56.1 Å². The molecule has 0 amide bonds. The van der Waals surface area contributed by atoms with E-state index in [9.17, 15) is 0 Å². The molecule has 1 aromatic carbocycles. The molecule has 0 atom stereocenters. The molecule has 1 aliphatic carbocycles. The summed E-state index contributed by atoms with van der Waals surface area (Å²) >= 11 is 5.81. The summed E-state index contributed by atoms with van der Waals surface area (Å²) in [6, 6.07) is 8.93. The minimum absolute atomic E-state index is 0.630. The number of hydrogen-bond donors (Lipinski definition) is 0. The van der Waals surface area contributed by atoms with Crippen LogP contribution in [-0.4, -0.2) is 0 Å². The Morgan fingerprint density at radius 2 is 1.44 bits per heavy atom. The normalized spacial score (nSPS) is 19.1. The zero-order chi connectivity index (χ0) is 11.2. The summed E-state index contributed by atoms with van der Waals surface area (Å²) in [5.74, 6) is 1.43. The third-order valence-electron chi connectivity index (χ3n) is 3.71. The summed E-state index contributed by atoms with van der Waals surface area (Å²) in [6.45, 7) is 0. The van der Waals surface area contributed by atoms with Crippen LogP contribution in [-0.2, 0) is 5.88 Å². The van der Waals surface area contributed by atoms with Crippen molar-refractivity contribution in [2.24, 2.45) is 0 Å². The van der Waals surface area contributed by atoms with E-state index in [-0.39, 0.29) is 0 Å². The molecule has 0 saturated heterocycles. The van der Waals surface area contributed by atoms with E-state index >= 15 is 0 Å². The van der Waals surface area contributed by atoms with Crippen molar-refractivity contribution in [1.29, 1.82) is 0 Å². The van der Waals surface area contributed by atoms with Crippen LogP contribution in [0.2, 0.25) is 0 Å². The highest BCUT2D eigenvalue weighted by Crippen LogP contribution is 2.30. The van der Waals surface area contributed by atoms with Crippen LogP contribution < -0.4 is 0 Å². The summed E-state index contributed by atoms with van der Waals surface area (Å²) < 4.78 is 0. The first-order valence-corrected chi connectivity index (χ1v) is 7.08. The van der Waals surface area contributed by atoms with Crippen LogP contribution in [0.25, 0.3) is 0 Å². The standard InChI is InChI=1S/C15H21Cl/c16-12-13-8-10-15(11-9-13)14-6-4-2-1-3-5-7-14/h8-11,14H,1-7,12H2. The lowest BCUT2D eigenvalue weighted by Gasteiger charge is -2.20. The average Bonchev–Trinajstić information content (AvgIpc) is 2.29. The zero-order valence-corrected chi connectivity index (χ0v) is 10.7. The molecule has 1 saturated carbocycles. The van der Waals surface area contributed by atoms with Crippen molar-refractivity contribution in [3.05, 3.63) is 35.4 Å². The van der Waals surface area contributed by atoms with Crippen molar-refractivity contribution < 1.29 is 0 Å². The second-order valence-electron chi connectivity index (χ2n) is 4.92. The molecule has 0 radical (unpaired) electrons. The Hall–Kier alpha value is -0.490. The Labute approximate surface area is 104 Å². The Morgan fingerprint density at radius 3 is 2.00 bits per heavy atom. The highest BCUT2D eigenvalue weighted by atomic mass is 35.5. The molecule has 0 spiro atoms. The Bertz CT molecular complexity index is 294. The number of rotatable bonds is 2. The molecule has 0 heterocycles. The fraction of sp³-hybridized carbons (Fsp3) is 0.600. The van der Waals surface area contributed by atoms with Crippen molar-refractivity contribution in [1.82, 2.24) is 0 Å². The molecule has 16 heavy (non-hydrogen) atoms. The lowest BCUT2D eigenvalue weighted by atomic mass is 9.86. The van der Waals surface area contributed by atoms with Gasteiger partial charge in [-0.1, -0.05) is 56.4 Å². The van der Waals surface area contributed by atoms with Crippen molar-refractivity contribution in [2.75, 3.05) is 0 Å². The Kier molecular flexibility index (Phi) is 4.71. The van der Waals surface area contributed by atoms with E-state index in [4.69, 9.17) is 11.6 Å². The van der Waals surface area contributed by atoms with Gasteiger partial charge in [0, 0.05) is 5.88 Å². The van der Waals surface area contributed by atoms with Gasteiger partial charge >= 0.3 is 0 Å². The van der Waals surface area contributed by atoms with Gasteiger partial charge in [-0.3, -0.25) is 0 Å². The van der Waals surface area contributed by atoms with E-state index in [1.54, 1.807) is 0 Å². The van der Waals surface area contributed by atoms with Crippen molar-refractivity contribution in [3.63, 3.8) is 0 Å². The molecule has 88 valence electrons. The van der Waals surface area contributed by atoms with Gasteiger partial charge in [0.1, 0.15) is 0 Å². The van der Waals surface area contributed by atoms with Gasteiger partial charge in [-0.2, -0.15) is 0 Å². The van der Waals surface area contributed by atoms with Crippen LogP contribution in [0.1, 0.15) is 62.0 Å². The van der Waals surface area contributed by atoms with Gasteiger partial charge in [0.25, 0.3) is 0 Å². The van der Waals surface area contributed by atoms with Crippen LogP contribution in [0.4, 0.5) is 0 Å². The third kappa shape index (κ3) is 3.25. The molecule has 0 N–H and O–H groups in total. The number of halogens is 1. The van der Waals surface area contributed by atoms with Gasteiger partial charge in [-0.05, 0) is 29.9 Å². The lowest BCUT2D eigenvalue weighted by Crippen LogP contribution is -2.02. The predicted octanol–water partition coefficient (Wildman–Crippen LogP) is 5.25. The van der Waals surface area contributed by atoms with Crippen LogP contribution in [0.5, 0.6) is 0 Å². The second-order valence-corrected chi connectivity index (χ2v) is 5.18. The summed E-state index contributed by atoms with van der Waals surface area (Å²) in [5.41, 5.74) is 2.76. The Balaban J connectivity index is 2.02. The van der Waals surface area contributed by atoms with E-state index in [2.05, 4.69) is 24.3 Å². The Morgan fingerprint density at radius 1 is 0.875 bits per heavy atom. The van der Waals surface area contributed by atoms with Crippen LogP contribution in [0, 0.1) is 0 Å². The first-order valence-electron chi connectivity index (χ1n) is 6.55. The fourth-order valence-corrected chi connectivity index (χ4v) is 2.85. The van der Waals surface area contributed by atoms with Crippen LogP contribution in [0.3, 0.4) is 0 Å². The number of alkyl halides is 1. The van der Waals surface area contributed by atoms with Gasteiger partial charge in [-0.15, -0.1) is 11.6 Å². The monoisotopic (exact) mass is 236 g/mol. The molecular weight excluding hydrogens is 216 g/mol. The maximum absolute atomic E-state index is 5.81. The molecule has 1 aromatic rings. The molecule has 0 aromatic heterocycles. The van der Waals surface area contributed by atoms with E-state index < -0.39 is 0 Å². The minimum atomic E-state index is 0.630. The zero-order valence-electron chi connectivity index (χ0n) is 9.92. The molecular formula is C15H21Cl. The maximum atomic E-state index is 5.81. The highest BCUT2D eigenvalue weighted by Gasteiger charge is 2.13. The van der Waals surface area contributed by atoms with E-state index in [0.717, 1.165) is 5.92 Å². The molecule has 1 fully saturated rings. The molecule has 1 heteroatoms. The van der Waals surface area contributed by atoms with Gasteiger partial charge in [-0.25, -0.2) is 0 Å². The largest absolute Gasteiger partial charge is 0.122 e. The highest BCUT2D eigenvalue weighted by molar-refractivity contribution is 6.17. The first kappa shape index (κ1) is 12.0.